The summed E-state index contributed by atoms with van der Waals surface area (Å²) in [5.74, 6) is -1.96. The molecule has 0 bridgehead atoms. The lowest BCUT2D eigenvalue weighted by atomic mass is 10.2. The molecule has 0 aliphatic heterocycles. The summed E-state index contributed by atoms with van der Waals surface area (Å²) in [7, 11) is 0. The third-order valence-corrected chi connectivity index (χ3v) is 2.34. The Bertz CT molecular complexity index is 378. The van der Waals surface area contributed by atoms with Gasteiger partial charge in [0.25, 0.3) is 0 Å². The number of halogens is 3. The molecule has 6 heteroatoms. The molecule has 0 amide bonds. The number of Topliss-reactive ketones (excluding diaryl/α,β-unsaturated/α-hetero) is 2. The van der Waals surface area contributed by atoms with E-state index in [0.29, 0.717) is 0 Å². The van der Waals surface area contributed by atoms with Gasteiger partial charge in [0.1, 0.15) is 0 Å². The van der Waals surface area contributed by atoms with Crippen LogP contribution in [0.3, 0.4) is 0 Å². The van der Waals surface area contributed by atoms with Crippen LogP contribution in [-0.2, 0) is 4.79 Å². The van der Waals surface area contributed by atoms with Gasteiger partial charge < -0.3 is 0 Å². The van der Waals surface area contributed by atoms with Gasteiger partial charge in [-0.2, -0.15) is 13.2 Å². The Balaban J connectivity index is 0.000000631. The van der Waals surface area contributed by atoms with Gasteiger partial charge in [0, 0.05) is 0 Å². The van der Waals surface area contributed by atoms with E-state index in [-0.39, 0.29) is 4.88 Å². The summed E-state index contributed by atoms with van der Waals surface area (Å²) in [5, 5.41) is 1.56. The fourth-order valence-electron chi connectivity index (χ4n) is 0.770. The second kappa shape index (κ2) is 7.31. The molecular formula is C12H15F3O2S. The topological polar surface area (TPSA) is 34.1 Å². The Kier molecular flexibility index (Phi) is 6.83. The van der Waals surface area contributed by atoms with Gasteiger partial charge in [-0.15, -0.1) is 11.3 Å². The number of carbonyl (C=O) groups is 2. The fraction of sp³-hybridized carbons (Fsp3) is 0.500. The smallest absolute Gasteiger partial charge is 0.293 e. The number of alkyl halides is 3. The number of ketones is 2. The van der Waals surface area contributed by atoms with Gasteiger partial charge in [0.15, 0.2) is 5.78 Å². The standard InChI is InChI=1S/C8H5F3O2S.C4H10/c9-8(10,11)7(13)4-5(12)6-2-1-3-14-6;1-4(2)3/h1-3H,4H2;4H,1-3H3. The molecule has 2 nitrogen and oxygen atoms in total. The van der Waals surface area contributed by atoms with Crippen LogP contribution < -0.4 is 0 Å². The lowest BCUT2D eigenvalue weighted by molar-refractivity contribution is -0.170. The highest BCUT2D eigenvalue weighted by atomic mass is 32.1. The van der Waals surface area contributed by atoms with Crippen LogP contribution in [0, 0.1) is 5.92 Å². The van der Waals surface area contributed by atoms with Crippen molar-refractivity contribution in [3.8, 4) is 0 Å². The highest BCUT2D eigenvalue weighted by molar-refractivity contribution is 7.12. The van der Waals surface area contributed by atoms with Crippen molar-refractivity contribution >= 4 is 22.9 Å². The Morgan fingerprint density at radius 1 is 1.28 bits per heavy atom. The maximum absolute atomic E-state index is 11.8. The first kappa shape index (κ1) is 16.8. The van der Waals surface area contributed by atoms with Gasteiger partial charge in [-0.05, 0) is 17.4 Å². The van der Waals surface area contributed by atoms with Crippen LogP contribution in [0.2, 0.25) is 0 Å². The van der Waals surface area contributed by atoms with Crippen LogP contribution in [0.4, 0.5) is 13.2 Å². The lowest BCUT2D eigenvalue weighted by Gasteiger charge is -2.02. The van der Waals surface area contributed by atoms with Crippen LogP contribution in [0.1, 0.15) is 36.9 Å². The molecule has 0 aromatic carbocycles. The molecule has 0 saturated heterocycles. The zero-order valence-corrected chi connectivity index (χ0v) is 11.2. The molecule has 0 saturated carbocycles. The highest BCUT2D eigenvalue weighted by Gasteiger charge is 2.39. The summed E-state index contributed by atoms with van der Waals surface area (Å²) in [6.45, 7) is 6.50. The minimum atomic E-state index is -4.92. The molecule has 0 N–H and O–H groups in total. The van der Waals surface area contributed by atoms with Crippen molar-refractivity contribution in [1.82, 2.24) is 0 Å². The predicted molar refractivity (Wildman–Crippen MR) is 64.8 cm³/mol. The summed E-state index contributed by atoms with van der Waals surface area (Å²) >= 11 is 1.01. The molecule has 1 heterocycles. The van der Waals surface area contributed by atoms with Gasteiger partial charge >= 0.3 is 6.18 Å². The number of thiophene rings is 1. The third kappa shape index (κ3) is 7.21. The van der Waals surface area contributed by atoms with Crippen molar-refractivity contribution in [3.63, 3.8) is 0 Å². The van der Waals surface area contributed by atoms with E-state index in [2.05, 4.69) is 20.8 Å². The molecule has 18 heavy (non-hydrogen) atoms. The molecule has 1 rings (SSSR count). The van der Waals surface area contributed by atoms with E-state index in [4.69, 9.17) is 0 Å². The van der Waals surface area contributed by atoms with Crippen LogP contribution >= 0.6 is 11.3 Å². The quantitative estimate of drug-likeness (QED) is 0.616. The van der Waals surface area contributed by atoms with E-state index < -0.39 is 24.2 Å². The first-order chi connectivity index (χ1) is 8.14. The maximum Gasteiger partial charge on any atom is 0.450 e. The third-order valence-electron chi connectivity index (χ3n) is 1.43. The molecule has 1 aromatic heterocycles. The zero-order chi connectivity index (χ0) is 14.3. The minimum absolute atomic E-state index is 0.169. The Hall–Kier alpha value is -1.17. The van der Waals surface area contributed by atoms with Crippen molar-refractivity contribution in [1.29, 1.82) is 0 Å². The normalized spacial score (nSPS) is 10.8. The molecular weight excluding hydrogens is 265 g/mol. The van der Waals surface area contributed by atoms with Gasteiger partial charge in [-0.3, -0.25) is 9.59 Å². The van der Waals surface area contributed by atoms with Crippen LogP contribution in [0.5, 0.6) is 0 Å². The summed E-state index contributed by atoms with van der Waals surface area (Å²) < 4.78 is 35.3. The second-order valence-electron chi connectivity index (χ2n) is 4.23. The van der Waals surface area contributed by atoms with Crippen molar-refractivity contribution in [2.45, 2.75) is 33.4 Å². The zero-order valence-electron chi connectivity index (χ0n) is 10.4. The van der Waals surface area contributed by atoms with Crippen molar-refractivity contribution in [2.24, 2.45) is 5.92 Å². The van der Waals surface area contributed by atoms with Crippen LogP contribution in [0.25, 0.3) is 0 Å². The minimum Gasteiger partial charge on any atom is -0.293 e. The maximum atomic E-state index is 11.8. The Labute approximate surface area is 108 Å². The molecule has 0 fully saturated rings. The van der Waals surface area contributed by atoms with E-state index >= 15 is 0 Å². The monoisotopic (exact) mass is 280 g/mol. The summed E-state index contributed by atoms with van der Waals surface area (Å²) in [5.41, 5.74) is 0. The molecule has 0 radical (unpaired) electrons. The Morgan fingerprint density at radius 2 is 1.78 bits per heavy atom. The van der Waals surface area contributed by atoms with Crippen LogP contribution in [0.15, 0.2) is 17.5 Å². The predicted octanol–water partition coefficient (Wildman–Crippen LogP) is 4.11. The van der Waals surface area contributed by atoms with Gasteiger partial charge in [-0.1, -0.05) is 26.8 Å². The first-order valence-electron chi connectivity index (χ1n) is 5.31. The molecule has 1 aromatic rings. The average molecular weight is 280 g/mol. The van der Waals surface area contributed by atoms with Gasteiger partial charge in [0.2, 0.25) is 5.78 Å². The second-order valence-corrected chi connectivity index (χ2v) is 5.18. The Morgan fingerprint density at radius 3 is 2.11 bits per heavy atom. The van der Waals surface area contributed by atoms with E-state index in [9.17, 15) is 22.8 Å². The summed E-state index contributed by atoms with van der Waals surface area (Å²) in [6.07, 6.45) is -6.03. The fourth-order valence-corrected chi connectivity index (χ4v) is 1.43. The van der Waals surface area contributed by atoms with Crippen LogP contribution in [-0.4, -0.2) is 17.7 Å². The molecule has 0 spiro atoms. The molecule has 0 atom stereocenters. The number of carbonyl (C=O) groups excluding carboxylic acids is 2. The number of rotatable bonds is 3. The molecule has 102 valence electrons. The summed E-state index contributed by atoms with van der Waals surface area (Å²) in [6, 6.07) is 2.92. The largest absolute Gasteiger partial charge is 0.450 e. The van der Waals surface area contributed by atoms with E-state index in [1.165, 1.54) is 12.1 Å². The van der Waals surface area contributed by atoms with E-state index in [0.717, 1.165) is 17.3 Å². The van der Waals surface area contributed by atoms with Crippen molar-refractivity contribution in [3.05, 3.63) is 22.4 Å². The number of hydrogen-bond donors (Lipinski definition) is 0. The van der Waals surface area contributed by atoms with Crippen molar-refractivity contribution in [2.75, 3.05) is 0 Å². The van der Waals surface area contributed by atoms with E-state index in [1.807, 2.05) is 0 Å². The molecule has 0 aliphatic carbocycles. The van der Waals surface area contributed by atoms with Crippen molar-refractivity contribution < 1.29 is 22.8 Å². The van der Waals surface area contributed by atoms with Gasteiger partial charge in [-0.25, -0.2) is 0 Å². The average Bonchev–Trinajstić information content (AvgIpc) is 2.67. The molecule has 0 unspecified atom stereocenters. The molecule has 0 aliphatic rings. The summed E-state index contributed by atoms with van der Waals surface area (Å²) in [4.78, 5) is 21.7. The van der Waals surface area contributed by atoms with Gasteiger partial charge in [0.05, 0.1) is 11.3 Å². The van der Waals surface area contributed by atoms with E-state index in [1.54, 1.807) is 5.38 Å². The first-order valence-corrected chi connectivity index (χ1v) is 6.19. The SMILES string of the molecule is CC(C)C.O=C(CC(=O)C(F)(F)F)c1cccs1. The lowest BCUT2D eigenvalue weighted by Crippen LogP contribution is -2.25. The number of hydrogen-bond acceptors (Lipinski definition) is 3. The highest BCUT2D eigenvalue weighted by Crippen LogP contribution is 2.20.